The van der Waals surface area contributed by atoms with Crippen molar-refractivity contribution in [1.82, 2.24) is 14.9 Å². The molecule has 4 aromatic rings. The second-order valence-corrected chi connectivity index (χ2v) is 10.0. The van der Waals surface area contributed by atoms with Crippen molar-refractivity contribution >= 4 is 22.6 Å². The Morgan fingerprint density at radius 2 is 1.68 bits per heavy atom. The average Bonchev–Trinajstić information content (AvgIpc) is 3.63. The Hall–Kier alpha value is -3.94. The number of anilines is 1. The van der Waals surface area contributed by atoms with Crippen LogP contribution in [0.3, 0.4) is 0 Å². The summed E-state index contributed by atoms with van der Waals surface area (Å²) in [7, 11) is 0. The minimum atomic E-state index is -4.59. The van der Waals surface area contributed by atoms with Gasteiger partial charge in [0.05, 0.1) is 16.6 Å². The van der Waals surface area contributed by atoms with Gasteiger partial charge in [-0.3, -0.25) is 4.79 Å². The van der Waals surface area contributed by atoms with Crippen molar-refractivity contribution < 1.29 is 18.0 Å². The van der Waals surface area contributed by atoms with Crippen molar-refractivity contribution in [3.63, 3.8) is 0 Å². The second kappa shape index (κ2) is 9.74. The second-order valence-electron chi connectivity index (χ2n) is 10.0. The monoisotopic (exact) mass is 516 g/mol. The zero-order valence-electron chi connectivity index (χ0n) is 20.8. The van der Waals surface area contributed by atoms with Gasteiger partial charge >= 0.3 is 6.18 Å². The van der Waals surface area contributed by atoms with Gasteiger partial charge in [0.2, 0.25) is 0 Å². The number of halogens is 3. The number of hydrogen-bond acceptors (Lipinski definition) is 4. The largest absolute Gasteiger partial charge is 0.417 e. The highest BCUT2D eigenvalue weighted by Crippen LogP contribution is 2.36. The molecule has 0 bridgehead atoms. The molecule has 1 amide bonds. The maximum atomic E-state index is 13.6. The van der Waals surface area contributed by atoms with E-state index in [0.29, 0.717) is 0 Å². The smallest absolute Gasteiger partial charge is 0.356 e. The average molecular weight is 517 g/mol. The first-order valence-electron chi connectivity index (χ1n) is 12.9. The fourth-order valence-corrected chi connectivity index (χ4v) is 5.27. The summed E-state index contributed by atoms with van der Waals surface area (Å²) in [6.45, 7) is 2.21. The maximum absolute atomic E-state index is 13.6. The van der Waals surface area contributed by atoms with Crippen LogP contribution in [0.1, 0.15) is 47.2 Å². The Morgan fingerprint density at radius 3 is 2.45 bits per heavy atom. The van der Waals surface area contributed by atoms with Crippen molar-refractivity contribution in [3.8, 4) is 11.1 Å². The van der Waals surface area contributed by atoms with Crippen LogP contribution in [0.4, 0.5) is 19.0 Å². The third-order valence-corrected chi connectivity index (χ3v) is 7.34. The molecular formula is C30H27F3N4O. The van der Waals surface area contributed by atoms with E-state index in [1.165, 1.54) is 18.2 Å². The molecule has 0 spiro atoms. The first kappa shape index (κ1) is 24.4. The first-order chi connectivity index (χ1) is 18.4. The lowest BCUT2D eigenvalue weighted by Crippen LogP contribution is -2.34. The molecule has 8 heteroatoms. The van der Waals surface area contributed by atoms with Gasteiger partial charge in [-0.05, 0) is 72.7 Å². The van der Waals surface area contributed by atoms with Gasteiger partial charge in [-0.15, -0.1) is 0 Å². The summed E-state index contributed by atoms with van der Waals surface area (Å²) in [5.74, 6) is 0.364. The standard InChI is InChI=1S/C30H27F3N4O/c31-30(32,33)26-9-2-1-8-24(26)29(38)37(23-11-12-23)18-20-6-5-7-21(16-20)22-10-13-27-25(17-22)28(35-19-34-27)36-14-3-4-15-36/h1-2,5-10,13,16-17,19,23H,3-4,11-12,14-15,18H2. The highest BCUT2D eigenvalue weighted by molar-refractivity contribution is 5.96. The van der Waals surface area contributed by atoms with E-state index in [2.05, 4.69) is 20.9 Å². The lowest BCUT2D eigenvalue weighted by atomic mass is 10.0. The van der Waals surface area contributed by atoms with E-state index in [-0.39, 0.29) is 18.2 Å². The summed E-state index contributed by atoms with van der Waals surface area (Å²) in [6, 6.07) is 19.0. The van der Waals surface area contributed by atoms with E-state index in [1.807, 2.05) is 36.4 Å². The van der Waals surface area contributed by atoms with Crippen molar-refractivity contribution in [1.29, 1.82) is 0 Å². The minimum Gasteiger partial charge on any atom is -0.356 e. The highest BCUT2D eigenvalue weighted by Gasteiger charge is 2.39. The highest BCUT2D eigenvalue weighted by atomic mass is 19.4. The molecule has 1 aromatic heterocycles. The van der Waals surface area contributed by atoms with Crippen LogP contribution in [0.2, 0.25) is 0 Å². The molecule has 3 aromatic carbocycles. The Bertz CT molecular complexity index is 1490. The van der Waals surface area contributed by atoms with Gasteiger partial charge in [0, 0.05) is 31.1 Å². The SMILES string of the molecule is O=C(c1ccccc1C(F)(F)F)N(Cc1cccc(-c2ccc3ncnc(N4CCCC4)c3c2)c1)C1CC1. The van der Waals surface area contributed by atoms with Crippen LogP contribution in [0, 0.1) is 0 Å². The molecule has 1 saturated carbocycles. The molecule has 194 valence electrons. The van der Waals surface area contributed by atoms with Gasteiger partial charge < -0.3 is 9.80 Å². The molecule has 0 atom stereocenters. The van der Waals surface area contributed by atoms with Crippen LogP contribution in [0.5, 0.6) is 0 Å². The molecule has 2 aliphatic rings. The molecule has 2 fully saturated rings. The van der Waals surface area contributed by atoms with Gasteiger partial charge in [0.15, 0.2) is 0 Å². The zero-order chi connectivity index (χ0) is 26.3. The summed E-state index contributed by atoms with van der Waals surface area (Å²) in [4.78, 5) is 26.3. The van der Waals surface area contributed by atoms with E-state index in [1.54, 1.807) is 11.2 Å². The molecular weight excluding hydrogens is 489 g/mol. The lowest BCUT2D eigenvalue weighted by Gasteiger charge is -2.24. The molecule has 1 aliphatic heterocycles. The summed E-state index contributed by atoms with van der Waals surface area (Å²) in [5.41, 5.74) is 2.54. The van der Waals surface area contributed by atoms with Crippen molar-refractivity contribution in [2.45, 2.75) is 44.4 Å². The first-order valence-corrected chi connectivity index (χ1v) is 12.9. The number of amides is 1. The molecule has 6 rings (SSSR count). The summed E-state index contributed by atoms with van der Waals surface area (Å²) < 4.78 is 40.8. The Morgan fingerprint density at radius 1 is 0.921 bits per heavy atom. The van der Waals surface area contributed by atoms with Crippen LogP contribution in [-0.2, 0) is 12.7 Å². The Balaban J connectivity index is 1.31. The number of alkyl halides is 3. The molecule has 1 saturated heterocycles. The zero-order valence-corrected chi connectivity index (χ0v) is 20.8. The molecule has 0 radical (unpaired) electrons. The van der Waals surface area contributed by atoms with Crippen molar-refractivity contribution in [2.75, 3.05) is 18.0 Å². The normalized spacial score (nSPS) is 15.7. The number of rotatable bonds is 6. The number of benzene rings is 3. The van der Waals surface area contributed by atoms with Crippen molar-refractivity contribution in [3.05, 3.63) is 89.7 Å². The molecule has 38 heavy (non-hydrogen) atoms. The van der Waals surface area contributed by atoms with Gasteiger partial charge in [-0.25, -0.2) is 9.97 Å². The predicted molar refractivity (Wildman–Crippen MR) is 141 cm³/mol. The van der Waals surface area contributed by atoms with Gasteiger partial charge in [0.1, 0.15) is 12.1 Å². The van der Waals surface area contributed by atoms with Crippen LogP contribution < -0.4 is 4.90 Å². The van der Waals surface area contributed by atoms with E-state index in [4.69, 9.17) is 0 Å². The minimum absolute atomic E-state index is 0.0479. The van der Waals surface area contributed by atoms with Crippen LogP contribution in [0.25, 0.3) is 22.0 Å². The third-order valence-electron chi connectivity index (χ3n) is 7.34. The summed E-state index contributed by atoms with van der Waals surface area (Å²) in [5, 5.41) is 0.996. The number of carbonyl (C=O) groups excluding carboxylic acids is 1. The Kier molecular flexibility index (Phi) is 6.26. The number of hydrogen-bond donors (Lipinski definition) is 0. The molecule has 1 aliphatic carbocycles. The summed E-state index contributed by atoms with van der Waals surface area (Å²) >= 11 is 0. The topological polar surface area (TPSA) is 49.3 Å². The third kappa shape index (κ3) is 4.83. The predicted octanol–water partition coefficient (Wildman–Crippen LogP) is 6.72. The van der Waals surface area contributed by atoms with Crippen LogP contribution in [0.15, 0.2) is 73.1 Å². The maximum Gasteiger partial charge on any atom is 0.417 e. The Labute approximate surface area is 218 Å². The van der Waals surface area contributed by atoms with Crippen LogP contribution >= 0.6 is 0 Å². The van der Waals surface area contributed by atoms with E-state index >= 15 is 0 Å². The number of nitrogens with zero attached hydrogens (tertiary/aromatic N) is 4. The van der Waals surface area contributed by atoms with E-state index in [9.17, 15) is 18.0 Å². The molecule has 0 unspecified atom stereocenters. The van der Waals surface area contributed by atoms with Crippen molar-refractivity contribution in [2.24, 2.45) is 0 Å². The van der Waals surface area contributed by atoms with E-state index in [0.717, 1.165) is 78.3 Å². The fourth-order valence-electron chi connectivity index (χ4n) is 5.27. The number of fused-ring (bicyclic) bond motifs is 1. The quantitative estimate of drug-likeness (QED) is 0.285. The number of carbonyl (C=O) groups is 1. The van der Waals surface area contributed by atoms with Crippen LogP contribution in [-0.4, -0.2) is 39.9 Å². The molecule has 0 N–H and O–H groups in total. The number of aromatic nitrogens is 2. The van der Waals surface area contributed by atoms with Gasteiger partial charge in [-0.1, -0.05) is 36.4 Å². The lowest BCUT2D eigenvalue weighted by molar-refractivity contribution is -0.138. The summed E-state index contributed by atoms with van der Waals surface area (Å²) in [6.07, 6.45) is 0.909. The molecule has 2 heterocycles. The van der Waals surface area contributed by atoms with E-state index < -0.39 is 17.6 Å². The van der Waals surface area contributed by atoms with Gasteiger partial charge in [-0.2, -0.15) is 13.2 Å². The fraction of sp³-hybridized carbons (Fsp3) is 0.300. The molecule has 5 nitrogen and oxygen atoms in total. The van der Waals surface area contributed by atoms with Gasteiger partial charge in [0.25, 0.3) is 5.91 Å².